The smallest absolute Gasteiger partial charge is 0.224 e. The highest BCUT2D eigenvalue weighted by Gasteiger charge is 2.11. The molecule has 0 saturated carbocycles. The van der Waals surface area contributed by atoms with Gasteiger partial charge in [-0.05, 0) is 49.4 Å². The van der Waals surface area contributed by atoms with Gasteiger partial charge < -0.3 is 14.8 Å². The molecule has 0 aromatic heterocycles. The highest BCUT2D eigenvalue weighted by atomic mass is 35.5. The van der Waals surface area contributed by atoms with E-state index in [1.807, 2.05) is 6.92 Å². The molecule has 1 amide bonds. The maximum absolute atomic E-state index is 12.1. The SMILES string of the molecule is CCOc1ccc(C(=O)CCC(=O)Nc2ccc(OC)c(Cl)c2)cc1. The van der Waals surface area contributed by atoms with Gasteiger partial charge in [0.15, 0.2) is 5.78 Å². The molecule has 25 heavy (non-hydrogen) atoms. The molecule has 0 aliphatic heterocycles. The third kappa shape index (κ3) is 5.50. The molecule has 5 nitrogen and oxygen atoms in total. The van der Waals surface area contributed by atoms with Crippen molar-refractivity contribution in [2.45, 2.75) is 19.8 Å². The number of methoxy groups -OCH3 is 1. The van der Waals surface area contributed by atoms with Crippen LogP contribution >= 0.6 is 11.6 Å². The van der Waals surface area contributed by atoms with E-state index in [2.05, 4.69) is 5.32 Å². The van der Waals surface area contributed by atoms with Crippen molar-refractivity contribution in [3.63, 3.8) is 0 Å². The lowest BCUT2D eigenvalue weighted by molar-refractivity contribution is -0.116. The van der Waals surface area contributed by atoms with Crippen LogP contribution in [0.25, 0.3) is 0 Å². The number of hydrogen-bond acceptors (Lipinski definition) is 4. The lowest BCUT2D eigenvalue weighted by atomic mass is 10.1. The van der Waals surface area contributed by atoms with Gasteiger partial charge in [0.1, 0.15) is 11.5 Å². The second kappa shape index (κ2) is 9.08. The Hall–Kier alpha value is -2.53. The van der Waals surface area contributed by atoms with Gasteiger partial charge in [-0.25, -0.2) is 0 Å². The number of Topliss-reactive ketones (excluding diaryl/α,β-unsaturated/α-hetero) is 1. The first-order chi connectivity index (χ1) is 12.0. The number of carbonyl (C=O) groups excluding carboxylic acids is 2. The van der Waals surface area contributed by atoms with Gasteiger partial charge in [0.05, 0.1) is 18.7 Å². The highest BCUT2D eigenvalue weighted by molar-refractivity contribution is 6.32. The summed E-state index contributed by atoms with van der Waals surface area (Å²) in [5.41, 5.74) is 1.12. The monoisotopic (exact) mass is 361 g/mol. The number of anilines is 1. The van der Waals surface area contributed by atoms with Gasteiger partial charge in [-0.3, -0.25) is 9.59 Å². The molecule has 2 aromatic carbocycles. The number of amides is 1. The highest BCUT2D eigenvalue weighted by Crippen LogP contribution is 2.27. The van der Waals surface area contributed by atoms with Crippen LogP contribution in [0.1, 0.15) is 30.1 Å². The van der Waals surface area contributed by atoms with E-state index in [0.717, 1.165) is 0 Å². The average molecular weight is 362 g/mol. The normalized spacial score (nSPS) is 10.2. The second-order valence-corrected chi connectivity index (χ2v) is 5.69. The molecule has 0 atom stereocenters. The van der Waals surface area contributed by atoms with E-state index in [0.29, 0.717) is 34.4 Å². The van der Waals surface area contributed by atoms with Crippen LogP contribution in [0, 0.1) is 0 Å². The minimum atomic E-state index is -0.250. The van der Waals surface area contributed by atoms with Crippen molar-refractivity contribution in [2.75, 3.05) is 19.0 Å². The van der Waals surface area contributed by atoms with Crippen molar-refractivity contribution < 1.29 is 19.1 Å². The molecule has 0 aliphatic rings. The summed E-state index contributed by atoms with van der Waals surface area (Å²) in [7, 11) is 1.52. The number of ketones is 1. The van der Waals surface area contributed by atoms with Crippen LogP contribution in [-0.4, -0.2) is 25.4 Å². The van der Waals surface area contributed by atoms with Crippen molar-refractivity contribution in [1.82, 2.24) is 0 Å². The molecule has 0 saturated heterocycles. The Labute approximate surface area is 151 Å². The Morgan fingerprint density at radius 3 is 2.40 bits per heavy atom. The van der Waals surface area contributed by atoms with Crippen LogP contribution in [0.15, 0.2) is 42.5 Å². The van der Waals surface area contributed by atoms with Crippen molar-refractivity contribution in [3.05, 3.63) is 53.1 Å². The van der Waals surface area contributed by atoms with Gasteiger partial charge >= 0.3 is 0 Å². The lowest BCUT2D eigenvalue weighted by Gasteiger charge is -2.08. The molecule has 2 rings (SSSR count). The van der Waals surface area contributed by atoms with Crippen LogP contribution in [0.3, 0.4) is 0 Å². The number of nitrogens with one attached hydrogen (secondary N) is 1. The Morgan fingerprint density at radius 1 is 1.08 bits per heavy atom. The van der Waals surface area contributed by atoms with Gasteiger partial charge in [0, 0.05) is 24.1 Å². The first kappa shape index (κ1) is 18.8. The third-order valence-electron chi connectivity index (χ3n) is 3.50. The van der Waals surface area contributed by atoms with Gasteiger partial charge in [0.25, 0.3) is 0 Å². The van der Waals surface area contributed by atoms with Crippen LogP contribution in [0.5, 0.6) is 11.5 Å². The van der Waals surface area contributed by atoms with E-state index in [-0.39, 0.29) is 24.5 Å². The molecule has 0 unspecified atom stereocenters. The minimum absolute atomic E-state index is 0.0917. The Balaban J connectivity index is 1.86. The number of rotatable bonds is 8. The topological polar surface area (TPSA) is 64.6 Å². The maximum atomic E-state index is 12.1. The molecule has 0 aliphatic carbocycles. The van der Waals surface area contributed by atoms with Gasteiger partial charge in [-0.2, -0.15) is 0 Å². The molecule has 1 N–H and O–H groups in total. The molecular formula is C19H20ClNO4. The quantitative estimate of drug-likeness (QED) is 0.710. The van der Waals surface area contributed by atoms with Gasteiger partial charge in [-0.1, -0.05) is 11.6 Å². The van der Waals surface area contributed by atoms with Crippen molar-refractivity contribution in [3.8, 4) is 11.5 Å². The Kier molecular flexibility index (Phi) is 6.83. The minimum Gasteiger partial charge on any atom is -0.495 e. The second-order valence-electron chi connectivity index (χ2n) is 5.28. The Morgan fingerprint density at radius 2 is 1.80 bits per heavy atom. The van der Waals surface area contributed by atoms with E-state index in [4.69, 9.17) is 21.1 Å². The van der Waals surface area contributed by atoms with E-state index in [1.165, 1.54) is 7.11 Å². The van der Waals surface area contributed by atoms with E-state index >= 15 is 0 Å². The zero-order valence-electron chi connectivity index (χ0n) is 14.2. The van der Waals surface area contributed by atoms with E-state index in [9.17, 15) is 9.59 Å². The number of benzene rings is 2. The molecule has 0 bridgehead atoms. The summed E-state index contributed by atoms with van der Waals surface area (Å²) in [6.07, 6.45) is 0.222. The van der Waals surface area contributed by atoms with Crippen molar-refractivity contribution in [2.24, 2.45) is 0 Å². The van der Waals surface area contributed by atoms with Gasteiger partial charge in [0.2, 0.25) is 5.91 Å². The summed E-state index contributed by atoms with van der Waals surface area (Å²) in [5.74, 6) is 0.907. The third-order valence-corrected chi connectivity index (χ3v) is 3.80. The Bertz CT molecular complexity index is 744. The predicted octanol–water partition coefficient (Wildman–Crippen LogP) is 4.35. The molecule has 0 spiro atoms. The maximum Gasteiger partial charge on any atom is 0.224 e. The molecular weight excluding hydrogens is 342 g/mol. The first-order valence-electron chi connectivity index (χ1n) is 7.93. The zero-order valence-corrected chi connectivity index (χ0v) is 14.9. The van der Waals surface area contributed by atoms with Crippen molar-refractivity contribution >= 4 is 29.0 Å². The number of hydrogen-bond donors (Lipinski definition) is 1. The van der Waals surface area contributed by atoms with E-state index < -0.39 is 0 Å². The largest absolute Gasteiger partial charge is 0.495 e. The summed E-state index contributed by atoms with van der Waals surface area (Å²) in [6, 6.07) is 11.9. The van der Waals surface area contributed by atoms with Gasteiger partial charge in [-0.15, -0.1) is 0 Å². The van der Waals surface area contributed by atoms with Crippen LogP contribution in [-0.2, 0) is 4.79 Å². The fraction of sp³-hybridized carbons (Fsp3) is 0.263. The van der Waals surface area contributed by atoms with Crippen LogP contribution in [0.4, 0.5) is 5.69 Å². The summed E-state index contributed by atoms with van der Waals surface area (Å²) >= 11 is 6.02. The number of ether oxygens (including phenoxy) is 2. The average Bonchev–Trinajstić information content (AvgIpc) is 2.61. The lowest BCUT2D eigenvalue weighted by Crippen LogP contribution is -2.13. The van der Waals surface area contributed by atoms with Crippen molar-refractivity contribution in [1.29, 1.82) is 0 Å². The summed E-state index contributed by atoms with van der Waals surface area (Å²) in [4.78, 5) is 24.1. The number of carbonyl (C=O) groups is 2. The molecule has 0 heterocycles. The van der Waals surface area contributed by atoms with Crippen LogP contribution in [0.2, 0.25) is 5.02 Å². The fourth-order valence-corrected chi connectivity index (χ4v) is 2.50. The fourth-order valence-electron chi connectivity index (χ4n) is 2.24. The molecule has 0 fully saturated rings. The van der Waals surface area contributed by atoms with E-state index in [1.54, 1.807) is 42.5 Å². The molecule has 132 valence electrons. The summed E-state index contributed by atoms with van der Waals surface area (Å²) < 4.78 is 10.4. The predicted molar refractivity (Wildman–Crippen MR) is 97.8 cm³/mol. The summed E-state index contributed by atoms with van der Waals surface area (Å²) in [5, 5.41) is 3.12. The number of halogens is 1. The molecule has 0 radical (unpaired) electrons. The van der Waals surface area contributed by atoms with Crippen LogP contribution < -0.4 is 14.8 Å². The first-order valence-corrected chi connectivity index (χ1v) is 8.30. The standard InChI is InChI=1S/C19H20ClNO4/c1-3-25-15-7-4-13(5-8-15)17(22)9-11-19(23)21-14-6-10-18(24-2)16(20)12-14/h4-8,10,12H,3,9,11H2,1-2H3,(H,21,23). The molecule has 2 aromatic rings. The zero-order chi connectivity index (χ0) is 18.2. The summed E-state index contributed by atoms with van der Waals surface area (Å²) in [6.45, 7) is 2.47. The molecule has 6 heteroatoms.